The number of carbonyl (C=O) groups excluding carboxylic acids is 5. The van der Waals surface area contributed by atoms with E-state index < -0.39 is 89.0 Å². The molecular formula is C53H68N8O11. The number of allylic oxidation sites excluding steroid dienone is 5. The lowest BCUT2D eigenvalue weighted by Gasteiger charge is -2.38. The van der Waals surface area contributed by atoms with Gasteiger partial charge in [0, 0.05) is 113 Å². The number of likely N-dealkylation sites (tertiary alicyclic amines) is 1. The number of nitrogens with one attached hydrogen (secondary N) is 2. The summed E-state index contributed by atoms with van der Waals surface area (Å²) < 4.78 is 18.4. The number of hydrogen-bond donors (Lipinski definition) is 5. The van der Waals surface area contributed by atoms with Crippen LogP contribution in [0.2, 0.25) is 0 Å². The molecule has 2 aromatic rings. The predicted octanol–water partition coefficient (Wildman–Crippen LogP) is 4.25. The van der Waals surface area contributed by atoms with E-state index in [2.05, 4.69) is 39.3 Å². The molecule has 2 fully saturated rings. The maximum Gasteiger partial charge on any atom is 0.315 e. The third-order valence-corrected chi connectivity index (χ3v) is 14.9. The first-order chi connectivity index (χ1) is 34.2. The zero-order chi connectivity index (χ0) is 51.8. The fourth-order valence-electron chi connectivity index (χ4n) is 10.3. The fourth-order valence-corrected chi connectivity index (χ4v) is 10.3. The van der Waals surface area contributed by atoms with Crippen LogP contribution < -0.4 is 20.3 Å². The first kappa shape index (κ1) is 51.9. The van der Waals surface area contributed by atoms with Gasteiger partial charge in [-0.05, 0) is 44.2 Å². The Balaban J connectivity index is 1.09. The van der Waals surface area contributed by atoms with Crippen molar-refractivity contribution in [1.82, 2.24) is 30.4 Å². The third kappa shape index (κ3) is 10.4. The molecule has 19 nitrogen and oxygen atoms in total. The minimum atomic E-state index is -1.96. The summed E-state index contributed by atoms with van der Waals surface area (Å²) in [5.41, 5.74) is -0.264. The van der Waals surface area contributed by atoms with Gasteiger partial charge < -0.3 is 54.9 Å². The molecule has 1 aromatic carbocycles. The van der Waals surface area contributed by atoms with Gasteiger partial charge in [-0.1, -0.05) is 52.8 Å². The summed E-state index contributed by atoms with van der Waals surface area (Å²) in [7, 11) is 0. The minimum absolute atomic E-state index is 0.0133. The number of aromatic hydroxyl groups is 1. The summed E-state index contributed by atoms with van der Waals surface area (Å²) in [6, 6.07) is 1.73. The van der Waals surface area contributed by atoms with E-state index in [4.69, 9.17) is 19.2 Å². The minimum Gasteiger partial charge on any atom is -0.507 e. The molecule has 2 saturated heterocycles. The van der Waals surface area contributed by atoms with Crippen LogP contribution in [0.15, 0.2) is 71.0 Å². The van der Waals surface area contributed by atoms with Crippen LogP contribution >= 0.6 is 0 Å². The third-order valence-electron chi connectivity index (χ3n) is 14.9. The number of aliphatic hydroxyl groups excluding tert-OH is 2. The van der Waals surface area contributed by atoms with E-state index >= 15 is 0 Å². The van der Waals surface area contributed by atoms with E-state index in [1.807, 2.05) is 11.8 Å². The van der Waals surface area contributed by atoms with Crippen molar-refractivity contribution in [1.29, 1.82) is 0 Å². The Hall–Kier alpha value is -6.44. The normalized spacial score (nSPS) is 29.6. The number of benzene rings is 1. The lowest BCUT2D eigenvalue weighted by molar-refractivity contribution is -0.157. The van der Waals surface area contributed by atoms with E-state index in [1.54, 1.807) is 68.4 Å². The molecule has 5 bridgehead atoms. The van der Waals surface area contributed by atoms with Gasteiger partial charge in [-0.25, -0.2) is 9.97 Å². The monoisotopic (exact) mass is 993 g/mol. The number of anilines is 1. The van der Waals surface area contributed by atoms with Gasteiger partial charge in [-0.15, -0.1) is 0 Å². The van der Waals surface area contributed by atoms with Crippen molar-refractivity contribution in [3.05, 3.63) is 88.2 Å². The Morgan fingerprint density at radius 2 is 1.65 bits per heavy atom. The number of amides is 2. The van der Waals surface area contributed by atoms with E-state index in [0.717, 1.165) is 6.54 Å². The highest BCUT2D eigenvalue weighted by Gasteiger charge is 2.54. The van der Waals surface area contributed by atoms with Crippen LogP contribution in [0.5, 0.6) is 11.5 Å². The van der Waals surface area contributed by atoms with Crippen molar-refractivity contribution >= 4 is 41.0 Å². The van der Waals surface area contributed by atoms with Crippen molar-refractivity contribution in [3.8, 4) is 11.5 Å². The molecule has 1 spiro atoms. The smallest absolute Gasteiger partial charge is 0.315 e. The number of ether oxygens (including phenoxy) is 3. The highest BCUT2D eigenvalue weighted by Crippen LogP contribution is 2.50. The van der Waals surface area contributed by atoms with E-state index in [0.29, 0.717) is 64.0 Å². The Labute approximate surface area is 420 Å². The highest BCUT2D eigenvalue weighted by atomic mass is 16.7. The Morgan fingerprint density at radius 3 is 2.33 bits per heavy atom. The topological polar surface area (TPSA) is 246 Å². The lowest BCUT2D eigenvalue weighted by atomic mass is 9.82. The van der Waals surface area contributed by atoms with Crippen LogP contribution in [0.1, 0.15) is 112 Å². The molecule has 1 aromatic heterocycles. The maximum atomic E-state index is 14.8. The number of hydrogen-bond acceptors (Lipinski definition) is 17. The van der Waals surface area contributed by atoms with Gasteiger partial charge in [0.2, 0.25) is 17.6 Å². The molecule has 72 heavy (non-hydrogen) atoms. The van der Waals surface area contributed by atoms with Gasteiger partial charge in [-0.3, -0.25) is 29.0 Å². The molecular weight excluding hydrogens is 925 g/mol. The Kier molecular flexibility index (Phi) is 15.1. The van der Waals surface area contributed by atoms with Gasteiger partial charge in [0.1, 0.15) is 35.4 Å². The van der Waals surface area contributed by atoms with Gasteiger partial charge in [0.25, 0.3) is 11.7 Å². The summed E-state index contributed by atoms with van der Waals surface area (Å²) in [5.74, 6) is -6.18. The van der Waals surface area contributed by atoms with E-state index in [9.17, 15) is 39.3 Å². The lowest BCUT2D eigenvalue weighted by Crippen LogP contribution is -2.50. The maximum absolute atomic E-state index is 14.8. The number of fused-ring (bicyclic) bond motifs is 13. The summed E-state index contributed by atoms with van der Waals surface area (Å²) in [6.45, 7) is 18.1. The zero-order valence-electron chi connectivity index (χ0n) is 42.4. The number of piperidine rings is 1. The molecule has 9 rings (SSSR count). The molecule has 0 radical (unpaired) electrons. The molecule has 2 amide bonds. The van der Waals surface area contributed by atoms with Crippen molar-refractivity contribution in [3.63, 3.8) is 0 Å². The summed E-state index contributed by atoms with van der Waals surface area (Å²) in [5, 5.41) is 41.3. The van der Waals surface area contributed by atoms with Gasteiger partial charge in [-0.2, -0.15) is 0 Å². The summed E-state index contributed by atoms with van der Waals surface area (Å²) in [4.78, 5) is 90.2. The number of nitrogens with zero attached hydrogens (tertiary/aromatic N) is 6. The molecule has 7 heterocycles. The van der Waals surface area contributed by atoms with Gasteiger partial charge in [0.15, 0.2) is 0 Å². The number of esters is 1. The van der Waals surface area contributed by atoms with E-state index in [-0.39, 0.29) is 63.5 Å². The average molecular weight is 993 g/mol. The van der Waals surface area contributed by atoms with E-state index in [1.165, 1.54) is 20.1 Å². The first-order valence-electron chi connectivity index (χ1n) is 25.1. The number of phenols is 1. The molecule has 6 aliphatic heterocycles. The Morgan fingerprint density at radius 1 is 0.958 bits per heavy atom. The number of Topliss-reactive ketones (excluding diaryl/α,β-unsaturated/α-hetero) is 2. The molecule has 1 aliphatic carbocycles. The second-order valence-electron chi connectivity index (χ2n) is 20.7. The quantitative estimate of drug-likeness (QED) is 0.201. The number of aromatic nitrogens is 2. The molecule has 7 atom stereocenters. The molecule has 0 saturated carbocycles. The number of aliphatic imine (C=N–C) groups is 1. The number of ketones is 2. The highest BCUT2D eigenvalue weighted by molar-refractivity contribution is 6.34. The van der Waals surface area contributed by atoms with Crippen molar-refractivity contribution < 1.29 is 53.5 Å². The number of piperazine rings is 1. The van der Waals surface area contributed by atoms with Crippen LogP contribution in [-0.4, -0.2) is 146 Å². The van der Waals surface area contributed by atoms with Crippen molar-refractivity contribution in [2.24, 2.45) is 28.7 Å². The largest absolute Gasteiger partial charge is 0.507 e. The number of phenolic OH excluding ortho intramolecular Hbond substituents is 1. The SMILES string of the molecule is C/C1=C/C=C/C(C)[C@H](O)[C@@H](C)C(O)C[C@H](OC(=O)CC(=O)N2CCN(c3ncccn3)CC2)[C@H](C)C/C=C/O[C@@]2(C)Oc3c(C)c(O)c4c(c3C2=O)C2=NC3(CCN(CC(C)C)CC3)NC2=C(NC1=O)C4=O. The summed E-state index contributed by atoms with van der Waals surface area (Å²) >= 11 is 0. The number of rotatable bonds is 6. The van der Waals surface area contributed by atoms with Crippen LogP contribution in [0.4, 0.5) is 5.95 Å². The second-order valence-corrected chi connectivity index (χ2v) is 20.7. The predicted molar refractivity (Wildman–Crippen MR) is 266 cm³/mol. The van der Waals surface area contributed by atoms with Crippen LogP contribution in [0.25, 0.3) is 0 Å². The summed E-state index contributed by atoms with van der Waals surface area (Å²) in [6.07, 6.45) is 8.69. The van der Waals surface area contributed by atoms with Crippen molar-refractivity contribution in [2.75, 3.05) is 50.7 Å². The molecule has 386 valence electrons. The number of carbonyl (C=O) groups is 5. The van der Waals surface area contributed by atoms with Crippen molar-refractivity contribution in [2.45, 2.75) is 117 Å². The van der Waals surface area contributed by atoms with Crippen LogP contribution in [0.3, 0.4) is 0 Å². The van der Waals surface area contributed by atoms with Gasteiger partial charge in [0.05, 0.1) is 41.0 Å². The Bertz CT molecular complexity index is 2630. The molecule has 7 aliphatic rings. The molecule has 2 unspecified atom stereocenters. The molecule has 19 heteroatoms. The average Bonchev–Trinajstić information content (AvgIpc) is 3.86. The fraction of sp³-hybridized carbons (Fsp3) is 0.547. The standard InChI is InChI=1S/C53H68N8O11/c1-29(2)28-59-19-15-53(16-20-59)57-42-39-40-46(66)34(7)48-41(39)49(68)52(8,72-48)70-25-10-14-30(3)36(71-38(64)27-37(63)60-21-23-61(24-22-60)51-54-17-11-18-55-51)26-35(62)33(6)45(65)31(4)12-9-13-32(5)50(69)56-44(47(40)67)43(42)58-53/h9-13,17-18,25,29-31,33,35-36,45,58,62,65-66H,14-16,19-24,26-28H2,1-8H3,(H,56,69)/b12-9+,25-10+,32-13-/t30-,31?,33+,35?,36+,45+,52+/m1/s1. The van der Waals surface area contributed by atoms with Crippen LogP contribution in [0, 0.1) is 30.6 Å². The molecule has 5 N–H and O–H groups in total. The first-order valence-corrected chi connectivity index (χ1v) is 25.1. The van der Waals surface area contributed by atoms with Crippen LogP contribution in [-0.2, 0) is 23.9 Å². The number of aliphatic hydroxyl groups is 2. The zero-order valence-corrected chi connectivity index (χ0v) is 42.4. The van der Waals surface area contributed by atoms with Gasteiger partial charge >= 0.3 is 11.8 Å². The second kappa shape index (κ2) is 21.0.